The van der Waals surface area contributed by atoms with E-state index < -0.39 is 0 Å². The van der Waals surface area contributed by atoms with Crippen molar-refractivity contribution in [1.82, 2.24) is 10.2 Å². The van der Waals surface area contributed by atoms with E-state index in [0.29, 0.717) is 0 Å². The second-order valence-corrected chi connectivity index (χ2v) is 5.14. The summed E-state index contributed by atoms with van der Waals surface area (Å²) in [5, 5.41) is 3.62. The molecule has 2 atom stereocenters. The van der Waals surface area contributed by atoms with Crippen LogP contribution in [0.25, 0.3) is 0 Å². The summed E-state index contributed by atoms with van der Waals surface area (Å²) in [6.45, 7) is 10.7. The van der Waals surface area contributed by atoms with Crippen molar-refractivity contribution in [1.29, 1.82) is 0 Å². The molecule has 0 aliphatic carbocycles. The Morgan fingerprint density at radius 3 is 2.56 bits per heavy atom. The van der Waals surface area contributed by atoms with Gasteiger partial charge >= 0.3 is 0 Å². The second-order valence-electron chi connectivity index (χ2n) is 5.14. The van der Waals surface area contributed by atoms with Crippen molar-refractivity contribution in [3.05, 3.63) is 0 Å². The third kappa shape index (κ3) is 4.42. The van der Waals surface area contributed by atoms with Gasteiger partial charge in [-0.1, -0.05) is 27.2 Å². The molecule has 0 aromatic heterocycles. The van der Waals surface area contributed by atoms with E-state index >= 15 is 0 Å². The smallest absolute Gasteiger partial charge is 0.0195 e. The molecule has 1 aliphatic rings. The van der Waals surface area contributed by atoms with Gasteiger partial charge in [-0.3, -0.25) is 4.90 Å². The van der Waals surface area contributed by atoms with Gasteiger partial charge in [0.25, 0.3) is 0 Å². The minimum absolute atomic E-state index is 0.762. The number of nitrogens with zero attached hydrogens (tertiary/aromatic N) is 1. The third-order valence-electron chi connectivity index (χ3n) is 3.74. The van der Waals surface area contributed by atoms with Gasteiger partial charge in [0.05, 0.1) is 0 Å². The van der Waals surface area contributed by atoms with Crippen LogP contribution in [0, 0.1) is 0 Å². The lowest BCUT2D eigenvalue weighted by Gasteiger charge is -2.33. The first-order valence-corrected chi connectivity index (χ1v) is 7.29. The number of rotatable bonds is 8. The highest BCUT2D eigenvalue weighted by Crippen LogP contribution is 2.15. The zero-order valence-corrected chi connectivity index (χ0v) is 11.5. The van der Waals surface area contributed by atoms with E-state index in [1.54, 1.807) is 0 Å². The van der Waals surface area contributed by atoms with Crippen molar-refractivity contribution >= 4 is 0 Å². The van der Waals surface area contributed by atoms with Gasteiger partial charge in [-0.25, -0.2) is 0 Å². The van der Waals surface area contributed by atoms with E-state index in [-0.39, 0.29) is 0 Å². The molecule has 0 saturated carbocycles. The van der Waals surface area contributed by atoms with Gasteiger partial charge in [-0.05, 0) is 45.2 Å². The first kappa shape index (κ1) is 14.0. The van der Waals surface area contributed by atoms with Gasteiger partial charge < -0.3 is 5.32 Å². The monoisotopic (exact) mass is 226 g/mol. The van der Waals surface area contributed by atoms with Crippen molar-refractivity contribution in [2.45, 2.75) is 71.4 Å². The molecule has 0 spiro atoms. The fraction of sp³-hybridized carbons (Fsp3) is 1.00. The summed E-state index contributed by atoms with van der Waals surface area (Å²) in [6.07, 6.45) is 8.02. The molecule has 16 heavy (non-hydrogen) atoms. The molecule has 1 N–H and O–H groups in total. The van der Waals surface area contributed by atoms with Crippen LogP contribution in [0.5, 0.6) is 0 Å². The van der Waals surface area contributed by atoms with Crippen LogP contribution in [0.2, 0.25) is 0 Å². The van der Waals surface area contributed by atoms with Crippen molar-refractivity contribution in [3.63, 3.8) is 0 Å². The lowest BCUT2D eigenvalue weighted by Crippen LogP contribution is -2.43. The maximum absolute atomic E-state index is 3.62. The Labute approximate surface area is 102 Å². The van der Waals surface area contributed by atoms with Crippen molar-refractivity contribution < 1.29 is 0 Å². The molecule has 96 valence electrons. The number of hydrogen-bond acceptors (Lipinski definition) is 2. The average molecular weight is 226 g/mol. The fourth-order valence-corrected chi connectivity index (χ4v) is 2.88. The zero-order chi connectivity index (χ0) is 11.8. The summed E-state index contributed by atoms with van der Waals surface area (Å²) < 4.78 is 0. The van der Waals surface area contributed by atoms with Gasteiger partial charge in [0.1, 0.15) is 0 Å². The van der Waals surface area contributed by atoms with E-state index in [9.17, 15) is 0 Å². The lowest BCUT2D eigenvalue weighted by molar-refractivity contribution is 0.165. The molecule has 0 amide bonds. The topological polar surface area (TPSA) is 15.3 Å². The van der Waals surface area contributed by atoms with Crippen molar-refractivity contribution in [3.8, 4) is 0 Å². The minimum Gasteiger partial charge on any atom is -0.313 e. The molecule has 1 aliphatic heterocycles. The summed E-state index contributed by atoms with van der Waals surface area (Å²) in [5.74, 6) is 0. The molecule has 0 aromatic rings. The van der Waals surface area contributed by atoms with E-state index in [1.807, 2.05) is 0 Å². The maximum Gasteiger partial charge on any atom is 0.0195 e. The van der Waals surface area contributed by atoms with Gasteiger partial charge in [0.15, 0.2) is 0 Å². The Morgan fingerprint density at radius 2 is 2.06 bits per heavy atom. The van der Waals surface area contributed by atoms with E-state index in [1.165, 1.54) is 58.2 Å². The summed E-state index contributed by atoms with van der Waals surface area (Å²) in [4.78, 5) is 2.73. The van der Waals surface area contributed by atoms with Crippen LogP contribution in [-0.4, -0.2) is 36.6 Å². The highest BCUT2D eigenvalue weighted by molar-refractivity contribution is 4.80. The van der Waals surface area contributed by atoms with Gasteiger partial charge in [-0.2, -0.15) is 0 Å². The standard InChI is InChI=1S/C14H30N2/c1-4-8-14(6-3)16(11-5-2)12-13-9-7-10-15-13/h13-15H,4-12H2,1-3H3. The predicted octanol–water partition coefficient (Wildman–Crippen LogP) is 3.03. The van der Waals surface area contributed by atoms with E-state index in [4.69, 9.17) is 0 Å². The molecule has 2 unspecified atom stereocenters. The molecule has 0 bridgehead atoms. The number of nitrogens with one attached hydrogen (secondary N) is 1. The molecule has 1 rings (SSSR count). The van der Waals surface area contributed by atoms with Gasteiger partial charge in [0.2, 0.25) is 0 Å². The summed E-state index contributed by atoms with van der Waals surface area (Å²) >= 11 is 0. The molecule has 0 radical (unpaired) electrons. The molecule has 0 aromatic carbocycles. The summed E-state index contributed by atoms with van der Waals surface area (Å²) in [7, 11) is 0. The molecular formula is C14H30N2. The quantitative estimate of drug-likeness (QED) is 0.684. The van der Waals surface area contributed by atoms with Crippen molar-refractivity contribution in [2.24, 2.45) is 0 Å². The Balaban J connectivity index is 2.42. The minimum atomic E-state index is 0.762. The Hall–Kier alpha value is -0.0800. The average Bonchev–Trinajstić information content (AvgIpc) is 2.78. The fourth-order valence-electron chi connectivity index (χ4n) is 2.88. The van der Waals surface area contributed by atoms with Crippen LogP contribution < -0.4 is 5.32 Å². The molecule has 2 nitrogen and oxygen atoms in total. The van der Waals surface area contributed by atoms with Gasteiger partial charge in [0, 0.05) is 18.6 Å². The third-order valence-corrected chi connectivity index (χ3v) is 3.74. The largest absolute Gasteiger partial charge is 0.313 e. The summed E-state index contributed by atoms with van der Waals surface area (Å²) in [5.41, 5.74) is 0. The summed E-state index contributed by atoms with van der Waals surface area (Å²) in [6, 6.07) is 1.57. The van der Waals surface area contributed by atoms with E-state index in [0.717, 1.165) is 12.1 Å². The molecule has 1 fully saturated rings. The van der Waals surface area contributed by atoms with Crippen LogP contribution in [0.3, 0.4) is 0 Å². The highest BCUT2D eigenvalue weighted by Gasteiger charge is 2.21. The zero-order valence-electron chi connectivity index (χ0n) is 11.5. The molecule has 2 heteroatoms. The Bertz CT molecular complexity index is 164. The SMILES string of the molecule is CCCC(CC)N(CCC)CC1CCCN1. The van der Waals surface area contributed by atoms with E-state index in [2.05, 4.69) is 31.0 Å². The normalized spacial score (nSPS) is 22.9. The van der Waals surface area contributed by atoms with Gasteiger partial charge in [-0.15, -0.1) is 0 Å². The van der Waals surface area contributed by atoms with Crippen molar-refractivity contribution in [2.75, 3.05) is 19.6 Å². The van der Waals surface area contributed by atoms with Crippen LogP contribution >= 0.6 is 0 Å². The number of hydrogen-bond donors (Lipinski definition) is 1. The van der Waals surface area contributed by atoms with Crippen LogP contribution in [-0.2, 0) is 0 Å². The first-order chi connectivity index (χ1) is 7.81. The second kappa shape index (κ2) is 8.08. The molecular weight excluding hydrogens is 196 g/mol. The molecule has 1 heterocycles. The van der Waals surface area contributed by atoms with Crippen LogP contribution in [0.15, 0.2) is 0 Å². The Morgan fingerprint density at radius 1 is 1.25 bits per heavy atom. The lowest BCUT2D eigenvalue weighted by atomic mass is 10.1. The Kier molecular flexibility index (Phi) is 7.06. The molecule has 1 saturated heterocycles. The first-order valence-electron chi connectivity index (χ1n) is 7.29. The maximum atomic E-state index is 3.62. The predicted molar refractivity (Wildman–Crippen MR) is 71.9 cm³/mol. The van der Waals surface area contributed by atoms with Crippen LogP contribution in [0.1, 0.15) is 59.3 Å². The van der Waals surface area contributed by atoms with Crippen LogP contribution in [0.4, 0.5) is 0 Å². The highest BCUT2D eigenvalue weighted by atomic mass is 15.2.